The molecule has 0 N–H and O–H groups in total. The Balaban J connectivity index is 1.33. The first kappa shape index (κ1) is 15.0. The standard InChI is InChI=1S/C18H18N2O4S/c21-25(22,15-5-6-17-18(9-15)24-12-23-17)19-10-14(11-19)20-8-7-13-3-1-2-4-16(13)20/h1-6,9,14H,7-8,10-12H2. The Kier molecular flexibility index (Phi) is 3.23. The number of anilines is 1. The molecule has 130 valence electrons. The number of nitrogens with zero attached hydrogens (tertiary/aromatic N) is 2. The molecule has 0 aromatic heterocycles. The lowest BCUT2D eigenvalue weighted by Gasteiger charge is -2.44. The SMILES string of the molecule is O=S(=O)(c1ccc2c(c1)OCO2)N1CC(N2CCc3ccccc32)C1. The molecule has 0 spiro atoms. The van der Waals surface area contributed by atoms with Gasteiger partial charge in [-0.25, -0.2) is 8.42 Å². The van der Waals surface area contributed by atoms with Gasteiger partial charge in [-0.05, 0) is 30.2 Å². The Bertz CT molecular complexity index is 938. The minimum absolute atomic E-state index is 0.138. The Morgan fingerprint density at radius 1 is 1.00 bits per heavy atom. The molecule has 0 saturated carbocycles. The predicted octanol–water partition coefficient (Wildman–Crippen LogP) is 1.85. The van der Waals surface area contributed by atoms with Gasteiger partial charge in [0.2, 0.25) is 16.8 Å². The van der Waals surface area contributed by atoms with Crippen LogP contribution in [0.4, 0.5) is 5.69 Å². The van der Waals surface area contributed by atoms with Gasteiger partial charge in [-0.3, -0.25) is 0 Å². The van der Waals surface area contributed by atoms with E-state index in [2.05, 4.69) is 23.1 Å². The molecule has 2 aromatic rings. The molecular weight excluding hydrogens is 340 g/mol. The van der Waals surface area contributed by atoms with E-state index in [1.165, 1.54) is 15.6 Å². The van der Waals surface area contributed by atoms with E-state index in [1.807, 2.05) is 6.07 Å². The lowest BCUT2D eigenvalue weighted by molar-refractivity contribution is 0.174. The number of para-hydroxylation sites is 1. The monoisotopic (exact) mass is 358 g/mol. The molecule has 0 atom stereocenters. The fraction of sp³-hybridized carbons (Fsp3) is 0.333. The average molecular weight is 358 g/mol. The topological polar surface area (TPSA) is 59.1 Å². The Hall–Kier alpha value is -2.25. The van der Waals surface area contributed by atoms with E-state index < -0.39 is 10.0 Å². The second kappa shape index (κ2) is 5.37. The molecule has 3 heterocycles. The molecule has 0 amide bonds. The first-order valence-electron chi connectivity index (χ1n) is 8.37. The number of hydrogen-bond acceptors (Lipinski definition) is 5. The van der Waals surface area contributed by atoms with Crippen molar-refractivity contribution in [3.8, 4) is 11.5 Å². The second-order valence-electron chi connectivity index (χ2n) is 6.56. The van der Waals surface area contributed by atoms with Crippen LogP contribution in [0.1, 0.15) is 5.56 Å². The molecule has 1 saturated heterocycles. The summed E-state index contributed by atoms with van der Waals surface area (Å²) in [4.78, 5) is 2.60. The van der Waals surface area contributed by atoms with Gasteiger partial charge >= 0.3 is 0 Å². The average Bonchev–Trinajstić information content (AvgIpc) is 3.19. The summed E-state index contributed by atoms with van der Waals surface area (Å²) in [6, 6.07) is 13.4. The second-order valence-corrected chi connectivity index (χ2v) is 8.50. The van der Waals surface area contributed by atoms with Crippen molar-refractivity contribution in [2.45, 2.75) is 17.4 Å². The third-order valence-corrected chi connectivity index (χ3v) is 7.00. The van der Waals surface area contributed by atoms with Crippen molar-refractivity contribution >= 4 is 15.7 Å². The molecule has 0 aliphatic carbocycles. The van der Waals surface area contributed by atoms with E-state index >= 15 is 0 Å². The van der Waals surface area contributed by atoms with Crippen molar-refractivity contribution in [1.82, 2.24) is 4.31 Å². The fourth-order valence-corrected chi connectivity index (χ4v) is 5.27. The minimum Gasteiger partial charge on any atom is -0.454 e. The predicted molar refractivity (Wildman–Crippen MR) is 92.6 cm³/mol. The molecule has 1 fully saturated rings. The summed E-state index contributed by atoms with van der Waals surface area (Å²) in [6.07, 6.45) is 1.03. The Labute approximate surface area is 146 Å². The van der Waals surface area contributed by atoms with Gasteiger partial charge < -0.3 is 14.4 Å². The highest BCUT2D eigenvalue weighted by molar-refractivity contribution is 7.89. The summed E-state index contributed by atoms with van der Waals surface area (Å²) in [7, 11) is -3.49. The lowest BCUT2D eigenvalue weighted by atomic mass is 10.1. The van der Waals surface area contributed by atoms with Crippen LogP contribution in [0.5, 0.6) is 11.5 Å². The number of rotatable bonds is 3. The highest BCUT2D eigenvalue weighted by atomic mass is 32.2. The van der Waals surface area contributed by atoms with Crippen LogP contribution in [0, 0.1) is 0 Å². The molecule has 3 aliphatic heterocycles. The number of benzene rings is 2. The number of fused-ring (bicyclic) bond motifs is 2. The normalized spacial score (nSPS) is 19.8. The maximum absolute atomic E-state index is 12.8. The third-order valence-electron chi connectivity index (χ3n) is 5.17. The molecule has 5 rings (SSSR count). The largest absolute Gasteiger partial charge is 0.454 e. The summed E-state index contributed by atoms with van der Waals surface area (Å²) < 4.78 is 37.7. The van der Waals surface area contributed by atoms with Gasteiger partial charge in [0, 0.05) is 31.4 Å². The van der Waals surface area contributed by atoms with Crippen LogP contribution in [0.15, 0.2) is 47.4 Å². The molecule has 2 aromatic carbocycles. The van der Waals surface area contributed by atoms with E-state index in [-0.39, 0.29) is 17.7 Å². The van der Waals surface area contributed by atoms with Gasteiger partial charge in [0.15, 0.2) is 11.5 Å². The van der Waals surface area contributed by atoms with Crippen LogP contribution in [0.2, 0.25) is 0 Å². The minimum atomic E-state index is -3.49. The highest BCUT2D eigenvalue weighted by Gasteiger charge is 2.41. The zero-order chi connectivity index (χ0) is 17.0. The highest BCUT2D eigenvalue weighted by Crippen LogP contribution is 2.37. The molecule has 7 heteroatoms. The van der Waals surface area contributed by atoms with Crippen LogP contribution in [-0.4, -0.2) is 45.2 Å². The fourth-order valence-electron chi connectivity index (χ4n) is 3.74. The summed E-state index contributed by atoms with van der Waals surface area (Å²) in [6.45, 7) is 2.14. The molecular formula is C18H18N2O4S. The molecule has 0 radical (unpaired) electrons. The number of hydrogen-bond donors (Lipinski definition) is 0. The summed E-state index contributed by atoms with van der Waals surface area (Å²) >= 11 is 0. The van der Waals surface area contributed by atoms with Crippen LogP contribution in [0.25, 0.3) is 0 Å². The van der Waals surface area contributed by atoms with Crippen molar-refractivity contribution in [2.24, 2.45) is 0 Å². The maximum atomic E-state index is 12.8. The van der Waals surface area contributed by atoms with Crippen LogP contribution >= 0.6 is 0 Å². The summed E-state index contributed by atoms with van der Waals surface area (Å²) in [5.74, 6) is 1.08. The van der Waals surface area contributed by atoms with Crippen LogP contribution < -0.4 is 14.4 Å². The van der Waals surface area contributed by atoms with Crippen molar-refractivity contribution in [1.29, 1.82) is 0 Å². The van der Waals surface area contributed by atoms with Crippen LogP contribution in [0.3, 0.4) is 0 Å². The van der Waals surface area contributed by atoms with Gasteiger partial charge in [0.05, 0.1) is 10.9 Å². The maximum Gasteiger partial charge on any atom is 0.243 e. The smallest absolute Gasteiger partial charge is 0.243 e. The zero-order valence-corrected chi connectivity index (χ0v) is 14.4. The van der Waals surface area contributed by atoms with Gasteiger partial charge in [0.1, 0.15) is 0 Å². The quantitative estimate of drug-likeness (QED) is 0.838. The van der Waals surface area contributed by atoms with Crippen molar-refractivity contribution < 1.29 is 17.9 Å². The van der Waals surface area contributed by atoms with Crippen molar-refractivity contribution in [3.05, 3.63) is 48.0 Å². The van der Waals surface area contributed by atoms with Gasteiger partial charge in [0.25, 0.3) is 0 Å². The first-order valence-corrected chi connectivity index (χ1v) is 9.81. The number of ether oxygens (including phenoxy) is 2. The van der Waals surface area contributed by atoms with Gasteiger partial charge in [-0.1, -0.05) is 18.2 Å². The Morgan fingerprint density at radius 3 is 2.68 bits per heavy atom. The molecule has 0 bridgehead atoms. The van der Waals surface area contributed by atoms with E-state index in [1.54, 1.807) is 18.2 Å². The van der Waals surface area contributed by atoms with Crippen LogP contribution in [-0.2, 0) is 16.4 Å². The van der Waals surface area contributed by atoms with Crippen molar-refractivity contribution in [3.63, 3.8) is 0 Å². The molecule has 3 aliphatic rings. The summed E-state index contributed by atoms with van der Waals surface area (Å²) in [5.41, 5.74) is 2.59. The van der Waals surface area contributed by atoms with Gasteiger partial charge in [-0.15, -0.1) is 0 Å². The van der Waals surface area contributed by atoms with E-state index in [4.69, 9.17) is 9.47 Å². The number of sulfonamides is 1. The molecule has 25 heavy (non-hydrogen) atoms. The third kappa shape index (κ3) is 2.30. The van der Waals surface area contributed by atoms with Crippen molar-refractivity contribution in [2.75, 3.05) is 31.3 Å². The zero-order valence-electron chi connectivity index (χ0n) is 13.6. The first-order chi connectivity index (χ1) is 12.1. The lowest BCUT2D eigenvalue weighted by Crippen LogP contribution is -2.60. The van der Waals surface area contributed by atoms with E-state index in [0.29, 0.717) is 24.6 Å². The summed E-state index contributed by atoms with van der Waals surface area (Å²) in [5, 5.41) is 0. The molecule has 6 nitrogen and oxygen atoms in total. The van der Waals surface area contributed by atoms with E-state index in [9.17, 15) is 8.42 Å². The van der Waals surface area contributed by atoms with E-state index in [0.717, 1.165) is 13.0 Å². The van der Waals surface area contributed by atoms with Gasteiger partial charge in [-0.2, -0.15) is 4.31 Å². The molecule has 0 unspecified atom stereocenters. The Morgan fingerprint density at radius 2 is 1.80 bits per heavy atom.